The van der Waals surface area contributed by atoms with Crippen LogP contribution in [0.2, 0.25) is 5.02 Å². The molecule has 0 aliphatic heterocycles. The molecule has 0 aliphatic carbocycles. The Hall–Kier alpha value is -2.51. The summed E-state index contributed by atoms with van der Waals surface area (Å²) in [6, 6.07) is 7.90. The van der Waals surface area contributed by atoms with Gasteiger partial charge in [0, 0.05) is 29.2 Å². The molecule has 27 heavy (non-hydrogen) atoms. The fraction of sp³-hybridized carbons (Fsp3) is 0.263. The zero-order chi connectivity index (χ0) is 19.1. The van der Waals surface area contributed by atoms with Crippen LogP contribution in [0.1, 0.15) is 22.6 Å². The molecule has 0 saturated heterocycles. The molecule has 0 bridgehead atoms. The van der Waals surface area contributed by atoms with Crippen LogP contribution in [-0.4, -0.2) is 24.4 Å². The van der Waals surface area contributed by atoms with Crippen LogP contribution in [0.5, 0.6) is 5.88 Å². The standard InChI is InChI=1S/C19H19ClN4O2S/c1-11-14(4-3-5-16-17(25)21-19(26)27-16)18(23(2)22-11)24-9-8-12-10-13(20)6-7-15(12)24/h6-10,25H,3-5H2,1-2H3,(H,21,26). The molecule has 0 aliphatic rings. The van der Waals surface area contributed by atoms with Crippen molar-refractivity contribution in [2.75, 3.05) is 0 Å². The number of hydrogen-bond donors (Lipinski definition) is 2. The molecule has 0 unspecified atom stereocenters. The van der Waals surface area contributed by atoms with Gasteiger partial charge in [-0.05, 0) is 50.5 Å². The van der Waals surface area contributed by atoms with Crippen molar-refractivity contribution in [1.29, 1.82) is 0 Å². The van der Waals surface area contributed by atoms with Gasteiger partial charge in [-0.15, -0.1) is 0 Å². The monoisotopic (exact) mass is 402 g/mol. The molecule has 0 amide bonds. The summed E-state index contributed by atoms with van der Waals surface area (Å²) < 4.78 is 4.03. The van der Waals surface area contributed by atoms with Crippen LogP contribution >= 0.6 is 22.9 Å². The van der Waals surface area contributed by atoms with Crippen LogP contribution in [0.15, 0.2) is 35.3 Å². The van der Waals surface area contributed by atoms with Crippen molar-refractivity contribution in [3.8, 4) is 11.7 Å². The van der Waals surface area contributed by atoms with Crippen molar-refractivity contribution >= 4 is 33.8 Å². The smallest absolute Gasteiger partial charge is 0.307 e. The zero-order valence-corrected chi connectivity index (χ0v) is 16.6. The van der Waals surface area contributed by atoms with Gasteiger partial charge in [0.2, 0.25) is 5.88 Å². The minimum atomic E-state index is -0.224. The number of H-pyrrole nitrogens is 1. The van der Waals surface area contributed by atoms with E-state index < -0.39 is 0 Å². The zero-order valence-electron chi connectivity index (χ0n) is 15.0. The van der Waals surface area contributed by atoms with Gasteiger partial charge in [-0.3, -0.25) is 14.5 Å². The largest absolute Gasteiger partial charge is 0.494 e. The second-order valence-electron chi connectivity index (χ2n) is 6.54. The van der Waals surface area contributed by atoms with E-state index in [1.165, 1.54) is 0 Å². The van der Waals surface area contributed by atoms with E-state index in [0.29, 0.717) is 16.3 Å². The quantitative estimate of drug-likeness (QED) is 0.530. The summed E-state index contributed by atoms with van der Waals surface area (Å²) in [5, 5.41) is 16.2. The number of nitrogens with one attached hydrogen (secondary N) is 1. The van der Waals surface area contributed by atoms with Crippen LogP contribution < -0.4 is 4.87 Å². The number of hydrogen-bond acceptors (Lipinski definition) is 4. The summed E-state index contributed by atoms with van der Waals surface area (Å²) in [6.45, 7) is 2.01. The Labute approximate surface area is 164 Å². The maximum absolute atomic E-state index is 11.3. The van der Waals surface area contributed by atoms with E-state index in [4.69, 9.17) is 11.6 Å². The van der Waals surface area contributed by atoms with Gasteiger partial charge >= 0.3 is 4.87 Å². The van der Waals surface area contributed by atoms with Crippen molar-refractivity contribution in [3.63, 3.8) is 0 Å². The Balaban J connectivity index is 1.66. The van der Waals surface area contributed by atoms with Crippen LogP contribution in [0.25, 0.3) is 16.7 Å². The van der Waals surface area contributed by atoms with Crippen molar-refractivity contribution in [3.05, 3.63) is 61.3 Å². The molecule has 4 rings (SSSR count). The van der Waals surface area contributed by atoms with Gasteiger partial charge in [-0.25, -0.2) is 0 Å². The van der Waals surface area contributed by atoms with E-state index in [1.54, 1.807) is 0 Å². The second kappa shape index (κ2) is 6.90. The Morgan fingerprint density at radius 1 is 1.30 bits per heavy atom. The molecular formula is C19H19ClN4O2S. The van der Waals surface area contributed by atoms with E-state index in [1.807, 2.05) is 49.1 Å². The number of aromatic amines is 1. The third-order valence-corrected chi connectivity index (χ3v) is 5.89. The SMILES string of the molecule is Cc1nn(C)c(-n2ccc3cc(Cl)ccc32)c1CCCc1sc(=O)[nH]c1O. The van der Waals surface area contributed by atoms with Crippen molar-refractivity contribution < 1.29 is 5.11 Å². The fourth-order valence-corrected chi connectivity index (χ4v) is 4.48. The van der Waals surface area contributed by atoms with Gasteiger partial charge in [-0.1, -0.05) is 22.9 Å². The van der Waals surface area contributed by atoms with E-state index in [0.717, 1.165) is 52.2 Å². The highest BCUT2D eigenvalue weighted by Gasteiger charge is 2.17. The first-order valence-corrected chi connectivity index (χ1v) is 9.84. The predicted octanol–water partition coefficient (Wildman–Crippen LogP) is 3.96. The first-order chi connectivity index (χ1) is 12.9. The highest BCUT2D eigenvalue weighted by Crippen LogP contribution is 2.28. The molecule has 4 aromatic rings. The Bertz CT molecular complexity index is 1180. The average molecular weight is 403 g/mol. The molecular weight excluding hydrogens is 384 g/mol. The highest BCUT2D eigenvalue weighted by molar-refractivity contribution is 7.09. The average Bonchev–Trinajstić information content (AvgIpc) is 3.23. The van der Waals surface area contributed by atoms with Gasteiger partial charge in [0.05, 0.1) is 16.1 Å². The van der Waals surface area contributed by atoms with Gasteiger partial charge < -0.3 is 9.67 Å². The van der Waals surface area contributed by atoms with E-state index in [9.17, 15) is 9.90 Å². The third-order valence-electron chi connectivity index (χ3n) is 4.72. The maximum Gasteiger partial charge on any atom is 0.307 e. The van der Waals surface area contributed by atoms with Gasteiger partial charge in [-0.2, -0.15) is 5.10 Å². The normalized spacial score (nSPS) is 11.5. The molecule has 0 spiro atoms. The lowest BCUT2D eigenvalue weighted by atomic mass is 10.1. The number of benzene rings is 1. The molecule has 0 fully saturated rings. The Kier molecular flexibility index (Phi) is 4.57. The molecule has 140 valence electrons. The van der Waals surface area contributed by atoms with Gasteiger partial charge in [0.15, 0.2) is 0 Å². The van der Waals surface area contributed by atoms with E-state index in [-0.39, 0.29) is 10.8 Å². The molecule has 3 heterocycles. The van der Waals surface area contributed by atoms with Crippen LogP contribution in [0.3, 0.4) is 0 Å². The third kappa shape index (κ3) is 3.28. The Morgan fingerprint density at radius 3 is 2.85 bits per heavy atom. The molecule has 2 N–H and O–H groups in total. The van der Waals surface area contributed by atoms with Crippen LogP contribution in [0, 0.1) is 6.92 Å². The number of thiazole rings is 1. The number of fused-ring (bicyclic) bond motifs is 1. The first-order valence-electron chi connectivity index (χ1n) is 8.64. The summed E-state index contributed by atoms with van der Waals surface area (Å²) in [4.78, 5) is 14.2. The first kappa shape index (κ1) is 17.9. The number of rotatable bonds is 5. The second-order valence-corrected chi connectivity index (χ2v) is 8.04. The van der Waals surface area contributed by atoms with E-state index in [2.05, 4.69) is 14.6 Å². The van der Waals surface area contributed by atoms with Crippen LogP contribution in [-0.2, 0) is 19.9 Å². The highest BCUT2D eigenvalue weighted by atomic mass is 35.5. The van der Waals surface area contributed by atoms with Crippen LogP contribution in [0.4, 0.5) is 0 Å². The summed E-state index contributed by atoms with van der Waals surface area (Å²) in [5.41, 5.74) is 3.22. The molecule has 8 heteroatoms. The van der Waals surface area contributed by atoms with E-state index >= 15 is 0 Å². The fourth-order valence-electron chi connectivity index (χ4n) is 3.53. The number of nitrogens with zero attached hydrogens (tertiary/aromatic N) is 3. The lowest BCUT2D eigenvalue weighted by Gasteiger charge is -2.10. The van der Waals surface area contributed by atoms with Crippen molar-refractivity contribution in [2.24, 2.45) is 7.05 Å². The van der Waals surface area contributed by atoms with Crippen molar-refractivity contribution in [1.82, 2.24) is 19.3 Å². The summed E-state index contributed by atoms with van der Waals surface area (Å²) in [5.74, 6) is 1.01. The maximum atomic E-state index is 11.3. The number of aryl methyl sites for hydroxylation is 3. The molecule has 0 radical (unpaired) electrons. The Morgan fingerprint density at radius 2 is 2.11 bits per heavy atom. The molecule has 3 aromatic heterocycles. The molecule has 0 atom stereocenters. The number of aromatic hydroxyl groups is 1. The summed E-state index contributed by atoms with van der Waals surface area (Å²) in [6.07, 6.45) is 4.29. The summed E-state index contributed by atoms with van der Waals surface area (Å²) >= 11 is 7.18. The summed E-state index contributed by atoms with van der Waals surface area (Å²) in [7, 11) is 1.94. The topological polar surface area (TPSA) is 75.8 Å². The number of halogens is 1. The molecule has 0 saturated carbocycles. The molecule has 1 aromatic carbocycles. The van der Waals surface area contributed by atoms with Gasteiger partial charge in [0.25, 0.3) is 0 Å². The van der Waals surface area contributed by atoms with Gasteiger partial charge in [0.1, 0.15) is 5.82 Å². The van der Waals surface area contributed by atoms with Crippen molar-refractivity contribution in [2.45, 2.75) is 26.2 Å². The molecule has 6 nitrogen and oxygen atoms in total. The lowest BCUT2D eigenvalue weighted by molar-refractivity contribution is 0.449. The lowest BCUT2D eigenvalue weighted by Crippen LogP contribution is -2.04. The minimum absolute atomic E-state index is 0.0126. The number of aromatic nitrogens is 4. The minimum Gasteiger partial charge on any atom is -0.494 e. The predicted molar refractivity (Wildman–Crippen MR) is 108 cm³/mol.